The van der Waals surface area contributed by atoms with Crippen LogP contribution < -0.4 is 4.74 Å². The average molecular weight is 398 g/mol. The summed E-state index contributed by atoms with van der Waals surface area (Å²) in [5.74, 6) is 1.46. The first-order chi connectivity index (χ1) is 13.1. The average Bonchev–Trinajstić information content (AvgIpc) is 3.29. The molecule has 0 aliphatic carbocycles. The maximum absolute atomic E-state index is 5.80. The summed E-state index contributed by atoms with van der Waals surface area (Å²) in [5.41, 5.74) is 2.18. The fourth-order valence-corrected chi connectivity index (χ4v) is 4.27. The molecule has 0 radical (unpaired) electrons. The minimum absolute atomic E-state index is 0.200. The van der Waals surface area contributed by atoms with Gasteiger partial charge in [-0.3, -0.25) is 0 Å². The van der Waals surface area contributed by atoms with E-state index >= 15 is 0 Å². The number of methoxy groups -OCH3 is 1. The topological polar surface area (TPSA) is 61.0 Å². The van der Waals surface area contributed by atoms with Crippen LogP contribution in [0.3, 0.4) is 0 Å². The lowest BCUT2D eigenvalue weighted by Crippen LogP contribution is -1.89. The molecule has 27 heavy (non-hydrogen) atoms. The molecule has 0 saturated carbocycles. The molecule has 4 rings (SSSR count). The first-order valence-electron chi connectivity index (χ1n) is 8.58. The van der Waals surface area contributed by atoms with Gasteiger partial charge in [-0.15, -0.1) is 21.5 Å². The molecule has 2 aromatic heterocycles. The summed E-state index contributed by atoms with van der Waals surface area (Å²) < 4.78 is 11.1. The molecular weight excluding hydrogens is 378 g/mol. The molecule has 1 unspecified atom stereocenters. The van der Waals surface area contributed by atoms with E-state index in [1.54, 1.807) is 30.2 Å². The second-order valence-corrected chi connectivity index (χ2v) is 8.58. The Kier molecular flexibility index (Phi) is 5.13. The van der Waals surface area contributed by atoms with Crippen LogP contribution in [0.1, 0.15) is 34.3 Å². The lowest BCUT2D eigenvalue weighted by Gasteiger charge is -2.10. The van der Waals surface area contributed by atoms with Crippen molar-refractivity contribution in [1.82, 2.24) is 15.2 Å². The number of benzene rings is 2. The second kappa shape index (κ2) is 7.70. The van der Waals surface area contributed by atoms with E-state index in [1.807, 2.05) is 24.4 Å². The summed E-state index contributed by atoms with van der Waals surface area (Å²) in [6.45, 7) is 4.13. The van der Waals surface area contributed by atoms with Gasteiger partial charge < -0.3 is 9.15 Å². The number of thioether (sulfide) groups is 1. The standard InChI is InChI=1S/C20H19N3O2S2/c1-12(14-4-5-16-9-18(24-3)7-6-15(16)8-14)27-20-23-22-19(25-20)10-17-11-26-13(2)21-17/h4-9,11-12H,10H2,1-3H3. The van der Waals surface area contributed by atoms with Crippen molar-refractivity contribution in [2.24, 2.45) is 0 Å². The van der Waals surface area contributed by atoms with Crippen LogP contribution in [0, 0.1) is 6.92 Å². The number of aromatic nitrogens is 3. The van der Waals surface area contributed by atoms with Gasteiger partial charge in [0.05, 0.1) is 24.2 Å². The molecule has 138 valence electrons. The van der Waals surface area contributed by atoms with Gasteiger partial charge in [0.2, 0.25) is 5.89 Å². The van der Waals surface area contributed by atoms with Crippen LogP contribution in [0.2, 0.25) is 0 Å². The maximum atomic E-state index is 5.80. The van der Waals surface area contributed by atoms with Crippen molar-refractivity contribution in [2.75, 3.05) is 7.11 Å². The van der Waals surface area contributed by atoms with Gasteiger partial charge in [0.25, 0.3) is 5.22 Å². The van der Waals surface area contributed by atoms with Crippen LogP contribution in [0.25, 0.3) is 10.8 Å². The Hall–Kier alpha value is -2.38. The third-order valence-corrected chi connectivity index (χ3v) is 6.08. The zero-order valence-electron chi connectivity index (χ0n) is 15.3. The van der Waals surface area contributed by atoms with Crippen LogP contribution in [0.15, 0.2) is 51.4 Å². The van der Waals surface area contributed by atoms with Gasteiger partial charge in [-0.05, 0) is 42.3 Å². The third kappa shape index (κ3) is 4.14. The minimum Gasteiger partial charge on any atom is -0.497 e. The van der Waals surface area contributed by atoms with Crippen LogP contribution in [0.5, 0.6) is 5.75 Å². The van der Waals surface area contributed by atoms with E-state index in [0.717, 1.165) is 21.8 Å². The molecule has 2 heterocycles. The largest absolute Gasteiger partial charge is 0.497 e. The number of fused-ring (bicyclic) bond motifs is 1. The van der Waals surface area contributed by atoms with E-state index in [9.17, 15) is 0 Å². The fraction of sp³-hybridized carbons (Fsp3) is 0.250. The summed E-state index contributed by atoms with van der Waals surface area (Å²) in [6.07, 6.45) is 0.574. The van der Waals surface area contributed by atoms with Crippen molar-refractivity contribution in [1.29, 1.82) is 0 Å². The normalized spacial score (nSPS) is 12.4. The molecule has 2 aromatic carbocycles. The van der Waals surface area contributed by atoms with Gasteiger partial charge in [0, 0.05) is 10.6 Å². The van der Waals surface area contributed by atoms with E-state index < -0.39 is 0 Å². The monoisotopic (exact) mass is 397 g/mol. The molecule has 0 aliphatic heterocycles. The SMILES string of the molecule is COc1ccc2cc(C(C)Sc3nnc(Cc4csc(C)n4)o3)ccc2c1. The van der Waals surface area contributed by atoms with Crippen molar-refractivity contribution in [3.8, 4) is 5.75 Å². The highest BCUT2D eigenvalue weighted by molar-refractivity contribution is 7.99. The molecule has 0 amide bonds. The van der Waals surface area contributed by atoms with Gasteiger partial charge in [0.15, 0.2) is 0 Å². The number of rotatable bonds is 6. The van der Waals surface area contributed by atoms with Crippen LogP contribution in [-0.2, 0) is 6.42 Å². The molecular formula is C20H19N3O2S2. The van der Waals surface area contributed by atoms with Crippen molar-refractivity contribution < 1.29 is 9.15 Å². The van der Waals surface area contributed by atoms with Crippen LogP contribution >= 0.6 is 23.1 Å². The number of nitrogens with zero attached hydrogens (tertiary/aromatic N) is 3. The molecule has 0 fully saturated rings. The first kappa shape index (κ1) is 18.0. The molecule has 7 heteroatoms. The van der Waals surface area contributed by atoms with Gasteiger partial charge in [-0.25, -0.2) is 4.98 Å². The zero-order valence-corrected chi connectivity index (χ0v) is 16.9. The lowest BCUT2D eigenvalue weighted by molar-refractivity contribution is 0.415. The number of thiazole rings is 1. The summed E-state index contributed by atoms with van der Waals surface area (Å²) in [4.78, 5) is 4.44. The summed E-state index contributed by atoms with van der Waals surface area (Å²) >= 11 is 3.19. The summed E-state index contributed by atoms with van der Waals surface area (Å²) in [5, 5.41) is 14.5. The van der Waals surface area contributed by atoms with Gasteiger partial charge in [-0.2, -0.15) is 0 Å². The molecule has 0 N–H and O–H groups in total. The maximum Gasteiger partial charge on any atom is 0.277 e. The smallest absolute Gasteiger partial charge is 0.277 e. The first-order valence-corrected chi connectivity index (χ1v) is 10.3. The van der Waals surface area contributed by atoms with Gasteiger partial charge >= 0.3 is 0 Å². The summed E-state index contributed by atoms with van der Waals surface area (Å²) in [6, 6.07) is 12.6. The van der Waals surface area contributed by atoms with Crippen molar-refractivity contribution in [3.63, 3.8) is 0 Å². The van der Waals surface area contributed by atoms with Crippen molar-refractivity contribution in [2.45, 2.75) is 30.7 Å². The highest BCUT2D eigenvalue weighted by Crippen LogP contribution is 2.35. The molecule has 0 spiro atoms. The number of hydrogen-bond donors (Lipinski definition) is 0. The third-order valence-electron chi connectivity index (χ3n) is 4.27. The Labute approximate surface area is 165 Å². The Morgan fingerprint density at radius 3 is 2.74 bits per heavy atom. The van der Waals surface area contributed by atoms with Crippen molar-refractivity contribution in [3.05, 3.63) is 63.9 Å². The zero-order chi connectivity index (χ0) is 18.8. The van der Waals surface area contributed by atoms with Gasteiger partial charge in [0.1, 0.15) is 5.75 Å². The van der Waals surface area contributed by atoms with E-state index in [2.05, 4.69) is 46.4 Å². The Bertz CT molecular complexity index is 1070. The number of aryl methyl sites for hydroxylation is 1. The van der Waals surface area contributed by atoms with Gasteiger partial charge in [-0.1, -0.05) is 36.0 Å². The molecule has 0 aliphatic rings. The molecule has 1 atom stereocenters. The van der Waals surface area contributed by atoms with Crippen LogP contribution in [-0.4, -0.2) is 22.3 Å². The minimum atomic E-state index is 0.200. The van der Waals surface area contributed by atoms with E-state index in [1.165, 1.54) is 10.9 Å². The molecule has 0 bridgehead atoms. The highest BCUT2D eigenvalue weighted by atomic mass is 32.2. The predicted molar refractivity (Wildman–Crippen MR) is 109 cm³/mol. The van der Waals surface area contributed by atoms with E-state index in [4.69, 9.17) is 9.15 Å². The quantitative estimate of drug-likeness (QED) is 0.404. The van der Waals surface area contributed by atoms with E-state index in [-0.39, 0.29) is 5.25 Å². The Balaban J connectivity index is 1.47. The number of hydrogen-bond acceptors (Lipinski definition) is 7. The second-order valence-electron chi connectivity index (χ2n) is 6.23. The summed E-state index contributed by atoms with van der Waals surface area (Å²) in [7, 11) is 1.68. The predicted octanol–water partition coefficient (Wildman–Crippen LogP) is 5.44. The van der Waals surface area contributed by atoms with E-state index in [0.29, 0.717) is 17.5 Å². The fourth-order valence-electron chi connectivity index (χ4n) is 2.84. The highest BCUT2D eigenvalue weighted by Gasteiger charge is 2.15. The Morgan fingerprint density at radius 2 is 1.96 bits per heavy atom. The molecule has 0 saturated heterocycles. The lowest BCUT2D eigenvalue weighted by atomic mass is 10.1. The number of ether oxygens (including phenoxy) is 1. The molecule has 5 nitrogen and oxygen atoms in total. The Morgan fingerprint density at radius 1 is 1.15 bits per heavy atom. The van der Waals surface area contributed by atoms with Crippen LogP contribution in [0.4, 0.5) is 0 Å². The molecule has 4 aromatic rings. The van der Waals surface area contributed by atoms with Crippen molar-refractivity contribution >= 4 is 33.9 Å².